The van der Waals surface area contributed by atoms with Gasteiger partial charge in [0, 0.05) is 33.1 Å². The molecule has 2 heteroatoms. The van der Waals surface area contributed by atoms with Crippen LogP contribution in [-0.4, -0.2) is 4.57 Å². The van der Waals surface area contributed by atoms with Gasteiger partial charge in [-0.1, -0.05) is 188 Å². The van der Waals surface area contributed by atoms with Crippen LogP contribution < -0.4 is 4.90 Å². The third kappa shape index (κ3) is 5.88. The predicted octanol–water partition coefficient (Wildman–Crippen LogP) is 16.7. The summed E-state index contributed by atoms with van der Waals surface area (Å²) in [6.45, 7) is 0. The van der Waals surface area contributed by atoms with Crippen LogP contribution >= 0.6 is 0 Å². The molecule has 62 heavy (non-hydrogen) atoms. The van der Waals surface area contributed by atoms with Gasteiger partial charge in [0.05, 0.1) is 22.4 Å². The van der Waals surface area contributed by atoms with E-state index in [1.807, 2.05) is 0 Å². The first-order chi connectivity index (χ1) is 30.8. The summed E-state index contributed by atoms with van der Waals surface area (Å²) in [6, 6.07) is 88.4. The number of rotatable bonds is 7. The molecule has 0 aliphatic heterocycles. The molecule has 0 atom stereocenters. The lowest BCUT2D eigenvalue weighted by Crippen LogP contribution is -2.12. The lowest BCUT2D eigenvalue weighted by Gasteiger charge is -2.29. The highest BCUT2D eigenvalue weighted by molar-refractivity contribution is 6.14. The summed E-state index contributed by atoms with van der Waals surface area (Å²) in [6.07, 6.45) is 0. The first-order valence-corrected chi connectivity index (χ1v) is 21.3. The molecular weight excluding hydrogens is 749 g/mol. The van der Waals surface area contributed by atoms with Gasteiger partial charge in [0.15, 0.2) is 0 Å². The lowest BCUT2D eigenvalue weighted by molar-refractivity contribution is 1.18. The highest BCUT2D eigenvalue weighted by atomic mass is 15.1. The zero-order valence-electron chi connectivity index (χ0n) is 34.0. The second-order valence-electron chi connectivity index (χ2n) is 16.1. The van der Waals surface area contributed by atoms with E-state index in [0.29, 0.717) is 0 Å². The minimum atomic E-state index is 1.09. The van der Waals surface area contributed by atoms with Gasteiger partial charge in [0.1, 0.15) is 0 Å². The molecule has 12 rings (SSSR count). The Bertz CT molecular complexity index is 3560. The van der Waals surface area contributed by atoms with E-state index in [1.54, 1.807) is 0 Å². The monoisotopic (exact) mass is 788 g/mol. The maximum Gasteiger partial charge on any atom is 0.0541 e. The van der Waals surface area contributed by atoms with Gasteiger partial charge in [-0.25, -0.2) is 0 Å². The summed E-state index contributed by atoms with van der Waals surface area (Å²) in [5.74, 6) is 0. The second-order valence-corrected chi connectivity index (χ2v) is 16.1. The normalized spacial score (nSPS) is 11.5. The van der Waals surface area contributed by atoms with E-state index in [4.69, 9.17) is 0 Å². The summed E-state index contributed by atoms with van der Waals surface area (Å²) < 4.78 is 2.38. The first-order valence-electron chi connectivity index (χ1n) is 21.3. The van der Waals surface area contributed by atoms with E-state index in [2.05, 4.69) is 252 Å². The van der Waals surface area contributed by atoms with Crippen molar-refractivity contribution in [1.82, 2.24) is 4.57 Å². The Hall–Kier alpha value is -8.20. The van der Waals surface area contributed by atoms with Gasteiger partial charge in [-0.15, -0.1) is 0 Å². The zero-order valence-corrected chi connectivity index (χ0v) is 34.0. The Morgan fingerprint density at radius 3 is 1.48 bits per heavy atom. The van der Waals surface area contributed by atoms with E-state index >= 15 is 0 Å². The van der Waals surface area contributed by atoms with Gasteiger partial charge in [0.2, 0.25) is 0 Å². The maximum atomic E-state index is 2.45. The Labute approximate surface area is 360 Å². The van der Waals surface area contributed by atoms with Crippen LogP contribution in [0.25, 0.3) is 93.2 Å². The molecule has 11 aromatic carbocycles. The van der Waals surface area contributed by atoms with Gasteiger partial charge in [0.25, 0.3) is 0 Å². The van der Waals surface area contributed by atoms with Crippen molar-refractivity contribution in [2.24, 2.45) is 0 Å². The molecule has 0 amide bonds. The molecule has 1 heterocycles. The molecule has 0 spiro atoms. The fraction of sp³-hybridized carbons (Fsp3) is 0. The highest BCUT2D eigenvalue weighted by Gasteiger charge is 2.21. The molecule has 12 aromatic rings. The van der Waals surface area contributed by atoms with Gasteiger partial charge >= 0.3 is 0 Å². The molecule has 0 saturated carbocycles. The molecule has 0 aliphatic rings. The number of fused-ring (bicyclic) bond motifs is 7. The van der Waals surface area contributed by atoms with E-state index < -0.39 is 0 Å². The molecule has 0 aliphatic carbocycles. The molecule has 1 aromatic heterocycles. The number of benzene rings is 11. The van der Waals surface area contributed by atoms with Crippen LogP contribution in [0.5, 0.6) is 0 Å². The number of hydrogen-bond acceptors (Lipinski definition) is 1. The summed E-state index contributed by atoms with van der Waals surface area (Å²) in [4.78, 5) is 2.45. The Morgan fingerprint density at radius 1 is 0.274 bits per heavy atom. The van der Waals surface area contributed by atoms with Crippen LogP contribution in [0.1, 0.15) is 0 Å². The van der Waals surface area contributed by atoms with Crippen LogP contribution in [-0.2, 0) is 0 Å². The largest absolute Gasteiger partial charge is 0.309 e. The fourth-order valence-electron chi connectivity index (χ4n) is 9.74. The minimum absolute atomic E-state index is 1.09. The van der Waals surface area contributed by atoms with E-state index in [-0.39, 0.29) is 0 Å². The average molecular weight is 789 g/mol. The van der Waals surface area contributed by atoms with Crippen molar-refractivity contribution in [3.05, 3.63) is 243 Å². The van der Waals surface area contributed by atoms with Gasteiger partial charge < -0.3 is 9.47 Å². The van der Waals surface area contributed by atoms with Crippen molar-refractivity contribution < 1.29 is 0 Å². The molecule has 0 saturated heterocycles. The second kappa shape index (κ2) is 14.8. The fourth-order valence-corrected chi connectivity index (χ4v) is 9.74. The van der Waals surface area contributed by atoms with E-state index in [0.717, 1.165) is 22.7 Å². The SMILES string of the molecule is c1ccc(-c2ccccc2N(c2ccc(-c3cc4ccccc4c4ccccc34)cc2)c2ccc(-c3ccc(-n4c5ccccc5c5ccccc54)cc3)c3ccccc23)cc1. The maximum absolute atomic E-state index is 2.45. The molecule has 0 fully saturated rings. The van der Waals surface area contributed by atoms with Gasteiger partial charge in [-0.2, -0.15) is 0 Å². The third-order valence-corrected chi connectivity index (χ3v) is 12.6. The standard InChI is InChI=1S/C60H40N2/c1-2-16-41(17-3-1)49-20-10-13-27-57(49)61(45-36-32-43(33-37-45)56-40-44-18-4-5-19-47(44)50-21-6-7-23-52(50)56)60-39-38-48(51-22-8-9-24-53(51)60)42-30-34-46(35-31-42)62-58-28-14-11-25-54(58)55-26-12-15-29-59(55)62/h1-40H. The topological polar surface area (TPSA) is 8.17 Å². The van der Waals surface area contributed by atoms with Crippen molar-refractivity contribution in [2.75, 3.05) is 4.90 Å². The molecule has 290 valence electrons. The Morgan fingerprint density at radius 2 is 0.774 bits per heavy atom. The molecule has 0 bridgehead atoms. The minimum Gasteiger partial charge on any atom is -0.309 e. The van der Waals surface area contributed by atoms with E-state index in [9.17, 15) is 0 Å². The van der Waals surface area contributed by atoms with E-state index in [1.165, 1.54) is 87.5 Å². The number of para-hydroxylation sites is 3. The van der Waals surface area contributed by atoms with Crippen molar-refractivity contribution >= 4 is 71.2 Å². The van der Waals surface area contributed by atoms with Crippen LogP contribution in [0.4, 0.5) is 17.1 Å². The summed E-state index contributed by atoms with van der Waals surface area (Å²) >= 11 is 0. The Kier molecular flexibility index (Phi) is 8.53. The van der Waals surface area contributed by atoms with Crippen molar-refractivity contribution in [3.63, 3.8) is 0 Å². The summed E-state index contributed by atoms with van der Waals surface area (Å²) in [7, 11) is 0. The van der Waals surface area contributed by atoms with Crippen molar-refractivity contribution in [1.29, 1.82) is 0 Å². The van der Waals surface area contributed by atoms with Gasteiger partial charge in [-0.3, -0.25) is 0 Å². The highest BCUT2D eigenvalue weighted by Crippen LogP contribution is 2.46. The summed E-state index contributed by atoms with van der Waals surface area (Å²) in [5, 5.41) is 9.98. The number of nitrogens with zero attached hydrogens (tertiary/aromatic N) is 2. The summed E-state index contributed by atoms with van der Waals surface area (Å²) in [5.41, 5.74) is 14.1. The van der Waals surface area contributed by atoms with Crippen LogP contribution in [0.3, 0.4) is 0 Å². The van der Waals surface area contributed by atoms with Crippen LogP contribution in [0.2, 0.25) is 0 Å². The number of aromatic nitrogens is 1. The number of hydrogen-bond donors (Lipinski definition) is 0. The molecule has 0 unspecified atom stereocenters. The van der Waals surface area contributed by atoms with Crippen LogP contribution in [0, 0.1) is 0 Å². The lowest BCUT2D eigenvalue weighted by atomic mass is 9.93. The van der Waals surface area contributed by atoms with Crippen molar-refractivity contribution in [2.45, 2.75) is 0 Å². The Balaban J connectivity index is 1.00. The molecule has 0 radical (unpaired) electrons. The first kappa shape index (κ1) is 35.7. The average Bonchev–Trinajstić information content (AvgIpc) is 3.69. The van der Waals surface area contributed by atoms with Crippen LogP contribution in [0.15, 0.2) is 243 Å². The third-order valence-electron chi connectivity index (χ3n) is 12.6. The number of anilines is 3. The van der Waals surface area contributed by atoms with Crippen molar-refractivity contribution in [3.8, 4) is 39.1 Å². The zero-order chi connectivity index (χ0) is 41.0. The quantitative estimate of drug-likeness (QED) is 0.146. The molecule has 2 nitrogen and oxygen atoms in total. The van der Waals surface area contributed by atoms with Gasteiger partial charge in [-0.05, 0) is 109 Å². The molecular formula is C60H40N2. The predicted molar refractivity (Wildman–Crippen MR) is 264 cm³/mol. The molecule has 0 N–H and O–H groups in total. The smallest absolute Gasteiger partial charge is 0.0541 e.